The van der Waals surface area contributed by atoms with Crippen LogP contribution in [0.1, 0.15) is 31.0 Å². The van der Waals surface area contributed by atoms with Crippen LogP contribution in [0.25, 0.3) is 17.0 Å². The Kier molecular flexibility index (Phi) is 7.31. The largest absolute Gasteiger partial charge is 0.369 e. The van der Waals surface area contributed by atoms with Gasteiger partial charge in [0.25, 0.3) is 5.91 Å². The highest BCUT2D eigenvalue weighted by Gasteiger charge is 2.19. The molecule has 0 radical (unpaired) electrons. The molecule has 7 nitrogen and oxygen atoms in total. The summed E-state index contributed by atoms with van der Waals surface area (Å²) in [7, 11) is 0. The van der Waals surface area contributed by atoms with Crippen LogP contribution in [0, 0.1) is 18.3 Å². The number of anilines is 1. The Labute approximate surface area is 203 Å². The van der Waals surface area contributed by atoms with Gasteiger partial charge in [-0.2, -0.15) is 5.26 Å². The predicted molar refractivity (Wildman–Crippen MR) is 138 cm³/mol. The Morgan fingerprint density at radius 1 is 1.12 bits per heavy atom. The van der Waals surface area contributed by atoms with Crippen molar-refractivity contribution in [2.45, 2.75) is 13.3 Å². The summed E-state index contributed by atoms with van der Waals surface area (Å²) in [4.78, 5) is 26.4. The minimum Gasteiger partial charge on any atom is -0.369 e. The third-order valence-corrected chi connectivity index (χ3v) is 6.01. The Balaban J connectivity index is 0.00000228. The van der Waals surface area contributed by atoms with Gasteiger partial charge in [-0.3, -0.25) is 14.7 Å². The third-order valence-electron chi connectivity index (χ3n) is 6.01. The number of piperazine rings is 1. The highest BCUT2D eigenvalue weighted by Crippen LogP contribution is 2.24. The van der Waals surface area contributed by atoms with Crippen LogP contribution >= 0.6 is 0 Å². The molecule has 0 bridgehead atoms. The summed E-state index contributed by atoms with van der Waals surface area (Å²) in [5, 5.41) is 11.7. The molecule has 2 heterocycles. The Morgan fingerprint density at radius 2 is 1.82 bits per heavy atom. The maximum absolute atomic E-state index is 12.8. The Morgan fingerprint density at radius 3 is 2.50 bits per heavy atom. The summed E-state index contributed by atoms with van der Waals surface area (Å²) in [6.07, 6.45) is 2.26. The van der Waals surface area contributed by atoms with Crippen molar-refractivity contribution in [3.8, 4) is 17.3 Å². The SMILES string of the molecule is C=C(c1ccc(-c2cnc(C)c(C(=O)Nc3ccccc3)n2)cc1)N1CCN(CCC#N)CC1.[HH].[HH]. The lowest BCUT2D eigenvalue weighted by Gasteiger charge is -2.36. The molecule has 3 aromatic rings. The molecule has 2 aromatic carbocycles. The van der Waals surface area contributed by atoms with Crippen molar-refractivity contribution in [3.63, 3.8) is 0 Å². The molecule has 1 fully saturated rings. The number of carbonyl (C=O) groups is 1. The van der Waals surface area contributed by atoms with E-state index in [4.69, 9.17) is 5.26 Å². The first-order valence-corrected chi connectivity index (χ1v) is 11.4. The van der Waals surface area contributed by atoms with Crippen molar-refractivity contribution < 1.29 is 7.65 Å². The number of amides is 1. The maximum Gasteiger partial charge on any atom is 0.276 e. The second-order valence-electron chi connectivity index (χ2n) is 8.27. The number of nitrogens with one attached hydrogen (secondary N) is 1. The first kappa shape index (κ1) is 23.1. The van der Waals surface area contributed by atoms with Crippen LogP contribution in [0.5, 0.6) is 0 Å². The van der Waals surface area contributed by atoms with Crippen molar-refractivity contribution >= 4 is 17.3 Å². The van der Waals surface area contributed by atoms with E-state index in [2.05, 4.69) is 37.7 Å². The lowest BCUT2D eigenvalue weighted by molar-refractivity contribution is 0.102. The topological polar surface area (TPSA) is 85.2 Å². The molecule has 176 valence electrons. The van der Waals surface area contributed by atoms with Crippen LogP contribution in [-0.2, 0) is 0 Å². The van der Waals surface area contributed by atoms with Gasteiger partial charge < -0.3 is 10.2 Å². The van der Waals surface area contributed by atoms with E-state index in [1.807, 2.05) is 54.6 Å². The quantitative estimate of drug-likeness (QED) is 0.555. The molecule has 34 heavy (non-hydrogen) atoms. The molecule has 7 heteroatoms. The van der Waals surface area contributed by atoms with Crippen LogP contribution in [0.3, 0.4) is 0 Å². The van der Waals surface area contributed by atoms with E-state index >= 15 is 0 Å². The molecule has 1 amide bonds. The molecule has 1 aromatic heterocycles. The number of hydrogen-bond acceptors (Lipinski definition) is 6. The normalized spacial score (nSPS) is 13.8. The van der Waals surface area contributed by atoms with Gasteiger partial charge in [-0.15, -0.1) is 0 Å². The van der Waals surface area contributed by atoms with Crippen LogP contribution in [0.4, 0.5) is 5.69 Å². The van der Waals surface area contributed by atoms with Crippen LogP contribution in [0.15, 0.2) is 67.4 Å². The summed E-state index contributed by atoms with van der Waals surface area (Å²) >= 11 is 0. The monoisotopic (exact) mass is 456 g/mol. The zero-order chi connectivity index (χ0) is 23.9. The first-order valence-electron chi connectivity index (χ1n) is 11.4. The number of para-hydroxylation sites is 1. The van der Waals surface area contributed by atoms with Gasteiger partial charge in [-0.05, 0) is 24.6 Å². The predicted octanol–water partition coefficient (Wildman–Crippen LogP) is 4.70. The number of benzene rings is 2. The Hall–Kier alpha value is -4.02. The van der Waals surface area contributed by atoms with E-state index in [0.717, 1.165) is 49.5 Å². The van der Waals surface area contributed by atoms with Gasteiger partial charge in [0.15, 0.2) is 0 Å². The average molecular weight is 457 g/mol. The molecule has 1 aliphatic rings. The van der Waals surface area contributed by atoms with Gasteiger partial charge in [0.1, 0.15) is 5.69 Å². The van der Waals surface area contributed by atoms with Crippen molar-refractivity contribution in [2.24, 2.45) is 0 Å². The molecule has 1 aliphatic heterocycles. The lowest BCUT2D eigenvalue weighted by Crippen LogP contribution is -2.45. The van der Waals surface area contributed by atoms with Crippen LogP contribution < -0.4 is 5.32 Å². The van der Waals surface area contributed by atoms with Crippen molar-refractivity contribution in [1.82, 2.24) is 19.8 Å². The molecule has 0 spiro atoms. The van der Waals surface area contributed by atoms with Crippen molar-refractivity contribution in [1.29, 1.82) is 5.26 Å². The minimum atomic E-state index is -0.281. The number of nitrogens with zero attached hydrogens (tertiary/aromatic N) is 5. The van der Waals surface area contributed by atoms with E-state index < -0.39 is 0 Å². The molecule has 0 saturated carbocycles. The van der Waals surface area contributed by atoms with Crippen LogP contribution in [-0.4, -0.2) is 58.4 Å². The summed E-state index contributed by atoms with van der Waals surface area (Å²) in [5.74, 6) is -0.281. The Bertz CT molecular complexity index is 1200. The second kappa shape index (κ2) is 10.7. The first-order chi connectivity index (χ1) is 16.5. The number of carbonyl (C=O) groups excluding carboxylic acids is 1. The van der Waals surface area contributed by atoms with Gasteiger partial charge in [-0.25, -0.2) is 4.98 Å². The van der Waals surface area contributed by atoms with E-state index in [9.17, 15) is 4.79 Å². The maximum atomic E-state index is 12.8. The molecule has 0 unspecified atom stereocenters. The number of aryl methyl sites for hydroxylation is 1. The standard InChI is InChI=1S/C27H28N6O.2H2/c1-20-26(27(34)30-24-7-4-3-5-8-24)31-25(19-29-20)23-11-9-22(10-12-23)21(2)33-17-15-32(16-18-33)14-6-13-28;;/h3-5,7-12,19H,2,6,14-18H2,1H3,(H,30,34);2*1H. The smallest absolute Gasteiger partial charge is 0.276 e. The summed E-state index contributed by atoms with van der Waals surface area (Å²) in [5.41, 5.74) is 5.18. The van der Waals surface area contributed by atoms with Crippen LogP contribution in [0.2, 0.25) is 0 Å². The molecule has 1 saturated heterocycles. The third kappa shape index (κ3) is 5.48. The van der Waals surface area contributed by atoms with Gasteiger partial charge >= 0.3 is 0 Å². The van der Waals surface area contributed by atoms with Gasteiger partial charge in [0.2, 0.25) is 0 Å². The molecule has 0 atom stereocenters. The van der Waals surface area contributed by atoms with E-state index in [0.29, 0.717) is 29.2 Å². The van der Waals surface area contributed by atoms with E-state index in [1.54, 1.807) is 13.1 Å². The fourth-order valence-corrected chi connectivity index (χ4v) is 3.98. The van der Waals surface area contributed by atoms with E-state index in [1.165, 1.54) is 0 Å². The summed E-state index contributed by atoms with van der Waals surface area (Å²) in [6.45, 7) is 10.6. The number of rotatable bonds is 7. The van der Waals surface area contributed by atoms with Crippen molar-refractivity contribution in [3.05, 3.63) is 84.3 Å². The highest BCUT2D eigenvalue weighted by atomic mass is 16.1. The van der Waals surface area contributed by atoms with E-state index in [-0.39, 0.29) is 8.76 Å². The van der Waals surface area contributed by atoms with Gasteiger partial charge in [-0.1, -0.05) is 49.0 Å². The lowest BCUT2D eigenvalue weighted by atomic mass is 10.1. The number of aromatic nitrogens is 2. The second-order valence-corrected chi connectivity index (χ2v) is 8.27. The fraction of sp³-hybridized carbons (Fsp3) is 0.259. The molecule has 4 rings (SSSR count). The highest BCUT2D eigenvalue weighted by molar-refractivity contribution is 6.03. The zero-order valence-electron chi connectivity index (χ0n) is 19.4. The molecule has 0 aliphatic carbocycles. The summed E-state index contributed by atoms with van der Waals surface area (Å²) in [6, 6.07) is 19.6. The van der Waals surface area contributed by atoms with Crippen molar-refractivity contribution in [2.75, 3.05) is 38.0 Å². The fourth-order valence-electron chi connectivity index (χ4n) is 3.98. The van der Waals surface area contributed by atoms with Gasteiger partial charge in [0, 0.05) is 58.9 Å². The number of hydrogen-bond donors (Lipinski definition) is 1. The average Bonchev–Trinajstić information content (AvgIpc) is 2.88. The summed E-state index contributed by atoms with van der Waals surface area (Å²) < 4.78 is 0. The van der Waals surface area contributed by atoms with Gasteiger partial charge in [0.05, 0.1) is 23.7 Å². The number of nitriles is 1. The zero-order valence-corrected chi connectivity index (χ0v) is 19.4. The molecular weight excluding hydrogens is 424 g/mol. The minimum absolute atomic E-state index is 0. The molecule has 1 N–H and O–H groups in total. The molecular formula is C27H32N6O.